The molecule has 0 radical (unpaired) electrons. The number of fused-ring (bicyclic) bond motifs is 18. The van der Waals surface area contributed by atoms with E-state index in [1.54, 1.807) is 0 Å². The molecular formula is C54H32O. The van der Waals surface area contributed by atoms with E-state index in [9.17, 15) is 0 Å². The van der Waals surface area contributed by atoms with Crippen molar-refractivity contribution in [2.24, 2.45) is 0 Å². The first kappa shape index (κ1) is 29.5. The molecule has 1 aliphatic heterocycles. The van der Waals surface area contributed by atoms with Gasteiger partial charge in [-0.1, -0.05) is 182 Å². The van der Waals surface area contributed by atoms with E-state index in [0.29, 0.717) is 0 Å². The minimum atomic E-state index is -0.483. The van der Waals surface area contributed by atoms with E-state index < -0.39 is 10.8 Å². The van der Waals surface area contributed by atoms with Crippen LogP contribution in [-0.4, -0.2) is 0 Å². The fraction of sp³-hybridized carbons (Fsp3) is 0.0370. The highest BCUT2D eigenvalue weighted by molar-refractivity contribution is 6.08. The van der Waals surface area contributed by atoms with Gasteiger partial charge in [0.1, 0.15) is 11.5 Å². The van der Waals surface area contributed by atoms with Crippen molar-refractivity contribution in [3.05, 3.63) is 239 Å². The summed E-state index contributed by atoms with van der Waals surface area (Å²) in [6.07, 6.45) is 0. The molecule has 0 saturated heterocycles. The lowest BCUT2D eigenvalue weighted by Gasteiger charge is -2.40. The summed E-state index contributed by atoms with van der Waals surface area (Å²) in [6, 6.07) is 72.3. The molecule has 1 atom stereocenters. The zero-order valence-electron chi connectivity index (χ0n) is 29.9. The smallest absolute Gasteiger partial charge is 0.132 e. The molecule has 0 fully saturated rings. The summed E-state index contributed by atoms with van der Waals surface area (Å²) in [5, 5.41) is 2.63. The Morgan fingerprint density at radius 3 is 1.45 bits per heavy atom. The fourth-order valence-electron chi connectivity index (χ4n) is 11.2. The number of hydrogen-bond donors (Lipinski definition) is 0. The summed E-state index contributed by atoms with van der Waals surface area (Å²) in [4.78, 5) is 0. The van der Waals surface area contributed by atoms with Gasteiger partial charge in [-0.15, -0.1) is 0 Å². The summed E-state index contributed by atoms with van der Waals surface area (Å²) in [6.45, 7) is 0. The molecule has 9 aromatic rings. The van der Waals surface area contributed by atoms with Crippen LogP contribution in [0.2, 0.25) is 0 Å². The normalized spacial score (nSPS) is 16.7. The monoisotopic (exact) mass is 696 g/mol. The molecular weight excluding hydrogens is 665 g/mol. The highest BCUT2D eigenvalue weighted by Gasteiger charge is 2.52. The van der Waals surface area contributed by atoms with Gasteiger partial charge in [0.05, 0.1) is 10.8 Å². The minimum absolute atomic E-state index is 0.461. The van der Waals surface area contributed by atoms with Crippen molar-refractivity contribution in [1.82, 2.24) is 0 Å². The summed E-state index contributed by atoms with van der Waals surface area (Å²) in [5.41, 5.74) is 19.6. The molecule has 13 rings (SSSR count). The standard InChI is InChI=1S/C54H32O/c1-5-22-41-36(16-1)37-17-2-6-23-42(37)53(41)45-26-9-10-29-49(45)55-50-32-34(30-31-46(50)53)35-20-13-28-48-52(35)40-19-4-8-25-44(40)54(48)43-24-7-3-18-38(43)39-21-11-14-33-15-12-27-47(54)51(33)39/h1-32H. The maximum absolute atomic E-state index is 6.98. The summed E-state index contributed by atoms with van der Waals surface area (Å²) < 4.78 is 6.98. The molecule has 2 spiro atoms. The Hall–Kier alpha value is -6.96. The Kier molecular flexibility index (Phi) is 5.56. The first-order valence-corrected chi connectivity index (χ1v) is 19.3. The second kappa shape index (κ2) is 10.4. The largest absolute Gasteiger partial charge is 0.457 e. The molecule has 4 aliphatic rings. The van der Waals surface area contributed by atoms with Gasteiger partial charge in [0, 0.05) is 11.1 Å². The van der Waals surface area contributed by atoms with E-state index >= 15 is 0 Å². The fourth-order valence-corrected chi connectivity index (χ4v) is 11.2. The number of ether oxygens (including phenoxy) is 1. The van der Waals surface area contributed by atoms with Gasteiger partial charge in [-0.05, 0) is 101 Å². The van der Waals surface area contributed by atoms with E-state index in [4.69, 9.17) is 4.74 Å². The van der Waals surface area contributed by atoms with Gasteiger partial charge in [0.15, 0.2) is 0 Å². The third-order valence-corrected chi connectivity index (χ3v) is 13.2. The molecule has 1 nitrogen and oxygen atoms in total. The molecule has 254 valence electrons. The van der Waals surface area contributed by atoms with Crippen molar-refractivity contribution in [1.29, 1.82) is 0 Å². The third kappa shape index (κ3) is 3.42. The SMILES string of the molecule is c1ccc2c(c1)Oc1cc(-c3cccc4c3-c3ccccc3C43c4ccccc4-c4cccc5cccc3c45)ccc1C21c2ccccc2-c2ccccc21. The first-order chi connectivity index (χ1) is 27.3. The molecule has 0 N–H and O–H groups in total. The van der Waals surface area contributed by atoms with Crippen LogP contribution in [0.5, 0.6) is 11.5 Å². The number of benzene rings is 9. The maximum Gasteiger partial charge on any atom is 0.132 e. The first-order valence-electron chi connectivity index (χ1n) is 19.3. The molecule has 3 aliphatic carbocycles. The van der Waals surface area contributed by atoms with Crippen molar-refractivity contribution in [3.8, 4) is 56.0 Å². The molecule has 1 heterocycles. The van der Waals surface area contributed by atoms with Gasteiger partial charge < -0.3 is 4.74 Å². The molecule has 55 heavy (non-hydrogen) atoms. The van der Waals surface area contributed by atoms with Gasteiger partial charge in [0.2, 0.25) is 0 Å². The van der Waals surface area contributed by atoms with Gasteiger partial charge >= 0.3 is 0 Å². The van der Waals surface area contributed by atoms with Gasteiger partial charge in [-0.2, -0.15) is 0 Å². The van der Waals surface area contributed by atoms with Gasteiger partial charge in [-0.25, -0.2) is 0 Å². The van der Waals surface area contributed by atoms with Gasteiger partial charge in [0.25, 0.3) is 0 Å². The average molecular weight is 697 g/mol. The Bertz CT molecular complexity index is 3100. The lowest BCUT2D eigenvalue weighted by molar-refractivity contribution is 0.436. The van der Waals surface area contributed by atoms with Crippen LogP contribution in [0.15, 0.2) is 194 Å². The van der Waals surface area contributed by atoms with Crippen LogP contribution in [0.4, 0.5) is 0 Å². The third-order valence-electron chi connectivity index (χ3n) is 13.2. The van der Waals surface area contributed by atoms with Crippen LogP contribution in [0.25, 0.3) is 55.3 Å². The lowest BCUT2D eigenvalue weighted by atomic mass is 9.61. The Morgan fingerprint density at radius 2 is 0.745 bits per heavy atom. The van der Waals surface area contributed by atoms with Crippen LogP contribution >= 0.6 is 0 Å². The summed E-state index contributed by atoms with van der Waals surface area (Å²) >= 11 is 0. The van der Waals surface area contributed by atoms with Crippen molar-refractivity contribution in [2.45, 2.75) is 10.8 Å². The zero-order valence-corrected chi connectivity index (χ0v) is 29.9. The van der Waals surface area contributed by atoms with Crippen LogP contribution in [-0.2, 0) is 10.8 Å². The van der Waals surface area contributed by atoms with Crippen LogP contribution < -0.4 is 4.74 Å². The lowest BCUT2D eigenvalue weighted by Crippen LogP contribution is -2.32. The zero-order chi connectivity index (χ0) is 35.9. The molecule has 0 saturated carbocycles. The van der Waals surface area contributed by atoms with Crippen molar-refractivity contribution < 1.29 is 4.74 Å². The Morgan fingerprint density at radius 1 is 0.291 bits per heavy atom. The molecule has 1 unspecified atom stereocenters. The summed E-state index contributed by atoms with van der Waals surface area (Å²) in [7, 11) is 0. The second-order valence-electron chi connectivity index (χ2n) is 15.4. The highest BCUT2D eigenvalue weighted by Crippen LogP contribution is 2.65. The number of hydrogen-bond acceptors (Lipinski definition) is 1. The number of para-hydroxylation sites is 1. The van der Waals surface area contributed by atoms with Crippen molar-refractivity contribution in [3.63, 3.8) is 0 Å². The predicted octanol–water partition coefficient (Wildman–Crippen LogP) is 13.3. The van der Waals surface area contributed by atoms with Crippen molar-refractivity contribution in [2.75, 3.05) is 0 Å². The molecule has 9 aromatic carbocycles. The van der Waals surface area contributed by atoms with E-state index in [0.717, 1.165) is 17.1 Å². The Balaban J connectivity index is 1.09. The van der Waals surface area contributed by atoms with E-state index in [1.807, 2.05) is 0 Å². The minimum Gasteiger partial charge on any atom is -0.457 e. The topological polar surface area (TPSA) is 9.23 Å². The Labute approximate surface area is 319 Å². The van der Waals surface area contributed by atoms with E-state index in [2.05, 4.69) is 194 Å². The van der Waals surface area contributed by atoms with E-state index in [-0.39, 0.29) is 0 Å². The maximum atomic E-state index is 6.98. The molecule has 0 amide bonds. The van der Waals surface area contributed by atoms with Crippen LogP contribution in [0, 0.1) is 0 Å². The second-order valence-corrected chi connectivity index (χ2v) is 15.4. The summed E-state index contributed by atoms with van der Waals surface area (Å²) in [5.74, 6) is 1.81. The van der Waals surface area contributed by atoms with Gasteiger partial charge in [-0.3, -0.25) is 0 Å². The van der Waals surface area contributed by atoms with E-state index in [1.165, 1.54) is 94.2 Å². The quantitative estimate of drug-likeness (QED) is 0.166. The van der Waals surface area contributed by atoms with Crippen molar-refractivity contribution >= 4 is 10.8 Å². The predicted molar refractivity (Wildman–Crippen MR) is 223 cm³/mol. The molecule has 0 aromatic heterocycles. The highest BCUT2D eigenvalue weighted by atomic mass is 16.5. The van der Waals surface area contributed by atoms with Crippen LogP contribution in [0.3, 0.4) is 0 Å². The van der Waals surface area contributed by atoms with Crippen LogP contribution in [0.1, 0.15) is 44.5 Å². The molecule has 0 bridgehead atoms. The number of rotatable bonds is 1. The molecule has 1 heteroatoms. The average Bonchev–Trinajstić information content (AvgIpc) is 3.71.